The van der Waals surface area contributed by atoms with Crippen LogP contribution >= 0.6 is 0 Å². The van der Waals surface area contributed by atoms with Crippen LogP contribution < -0.4 is 10.3 Å². The zero-order valence-electron chi connectivity index (χ0n) is 10.2. The Balaban J connectivity index is 2.37. The minimum Gasteiger partial charge on any atom is -0.488 e. The van der Waals surface area contributed by atoms with Gasteiger partial charge in [-0.3, -0.25) is 4.79 Å². The van der Waals surface area contributed by atoms with Crippen molar-refractivity contribution >= 4 is 0 Å². The first kappa shape index (κ1) is 12.4. The van der Waals surface area contributed by atoms with Gasteiger partial charge in [0.2, 0.25) is 5.56 Å². The number of aromatic amines is 1. The minimum atomic E-state index is -0.439. The van der Waals surface area contributed by atoms with Crippen LogP contribution in [0.3, 0.4) is 0 Å². The zero-order chi connectivity index (χ0) is 13.1. The van der Waals surface area contributed by atoms with Crippen LogP contribution in [0.1, 0.15) is 13.8 Å². The van der Waals surface area contributed by atoms with E-state index in [2.05, 4.69) is 4.98 Å². The molecule has 1 aromatic carbocycles. The first-order chi connectivity index (χ1) is 8.56. The summed E-state index contributed by atoms with van der Waals surface area (Å²) >= 11 is 0. The van der Waals surface area contributed by atoms with E-state index in [4.69, 9.17) is 4.74 Å². The Morgan fingerprint density at radius 2 is 2.00 bits per heavy atom. The normalized spacial score (nSPS) is 10.7. The summed E-state index contributed by atoms with van der Waals surface area (Å²) in [5, 5.41) is 0. The van der Waals surface area contributed by atoms with Crippen molar-refractivity contribution < 1.29 is 9.13 Å². The van der Waals surface area contributed by atoms with Crippen LogP contribution in [0.2, 0.25) is 0 Å². The molecule has 0 amide bonds. The van der Waals surface area contributed by atoms with Gasteiger partial charge in [-0.05, 0) is 38.1 Å². The third kappa shape index (κ3) is 2.77. The van der Waals surface area contributed by atoms with E-state index in [1.54, 1.807) is 24.3 Å². The highest BCUT2D eigenvalue weighted by atomic mass is 19.1. The second kappa shape index (κ2) is 5.04. The molecule has 18 heavy (non-hydrogen) atoms. The molecule has 0 fully saturated rings. The van der Waals surface area contributed by atoms with Crippen LogP contribution in [0.5, 0.6) is 5.75 Å². The Labute approximate surface area is 104 Å². The molecule has 1 N–H and O–H groups in total. The highest BCUT2D eigenvalue weighted by Gasteiger charge is 2.08. The second-order valence-electron chi connectivity index (χ2n) is 4.24. The predicted molar refractivity (Wildman–Crippen MR) is 68.2 cm³/mol. The fraction of sp³-hybridized carbons (Fsp3) is 0.214. The van der Waals surface area contributed by atoms with Gasteiger partial charge < -0.3 is 9.72 Å². The standard InChI is InChI=1S/C14H14FNO2/c1-9(2)18-13-7-6-10(8-11(13)15)12-4-3-5-14(17)16-12/h3-9H,1-2H3,(H,16,17). The lowest BCUT2D eigenvalue weighted by Crippen LogP contribution is -2.07. The van der Waals surface area contributed by atoms with E-state index in [1.165, 1.54) is 12.1 Å². The van der Waals surface area contributed by atoms with Gasteiger partial charge in [0.25, 0.3) is 0 Å². The van der Waals surface area contributed by atoms with Crippen molar-refractivity contribution in [3.05, 3.63) is 52.6 Å². The first-order valence-electron chi connectivity index (χ1n) is 5.72. The number of H-pyrrole nitrogens is 1. The maximum absolute atomic E-state index is 13.8. The van der Waals surface area contributed by atoms with E-state index < -0.39 is 5.82 Å². The average Bonchev–Trinajstić information content (AvgIpc) is 2.31. The summed E-state index contributed by atoms with van der Waals surface area (Å²) < 4.78 is 19.1. The lowest BCUT2D eigenvalue weighted by atomic mass is 10.1. The Bertz CT molecular complexity index is 605. The molecule has 0 spiro atoms. The molecule has 4 heteroatoms. The molecule has 0 unspecified atom stereocenters. The van der Waals surface area contributed by atoms with Crippen LogP contribution in [0, 0.1) is 5.82 Å². The average molecular weight is 247 g/mol. The fourth-order valence-corrected chi connectivity index (χ4v) is 1.63. The van der Waals surface area contributed by atoms with E-state index >= 15 is 0 Å². The molecule has 0 atom stereocenters. The lowest BCUT2D eigenvalue weighted by molar-refractivity contribution is 0.231. The maximum Gasteiger partial charge on any atom is 0.248 e. The summed E-state index contributed by atoms with van der Waals surface area (Å²) in [6.45, 7) is 3.67. The van der Waals surface area contributed by atoms with Crippen LogP contribution in [-0.4, -0.2) is 11.1 Å². The topological polar surface area (TPSA) is 42.1 Å². The van der Waals surface area contributed by atoms with Crippen molar-refractivity contribution in [1.82, 2.24) is 4.98 Å². The van der Waals surface area contributed by atoms with Crippen LogP contribution in [-0.2, 0) is 0 Å². The van der Waals surface area contributed by atoms with Crippen molar-refractivity contribution in [2.75, 3.05) is 0 Å². The van der Waals surface area contributed by atoms with Gasteiger partial charge in [-0.1, -0.05) is 6.07 Å². The van der Waals surface area contributed by atoms with Crippen LogP contribution in [0.15, 0.2) is 41.2 Å². The van der Waals surface area contributed by atoms with Crippen molar-refractivity contribution in [2.45, 2.75) is 20.0 Å². The summed E-state index contributed by atoms with van der Waals surface area (Å²) in [4.78, 5) is 13.8. The second-order valence-corrected chi connectivity index (χ2v) is 4.24. The molecular formula is C14H14FNO2. The molecule has 1 aromatic heterocycles. The van der Waals surface area contributed by atoms with Gasteiger partial charge in [0.1, 0.15) is 0 Å². The van der Waals surface area contributed by atoms with E-state index in [9.17, 15) is 9.18 Å². The zero-order valence-corrected chi connectivity index (χ0v) is 10.2. The van der Waals surface area contributed by atoms with Crippen LogP contribution in [0.4, 0.5) is 4.39 Å². The van der Waals surface area contributed by atoms with Crippen molar-refractivity contribution in [1.29, 1.82) is 0 Å². The summed E-state index contributed by atoms with van der Waals surface area (Å²) in [5.41, 5.74) is 0.981. The molecule has 0 saturated carbocycles. The van der Waals surface area contributed by atoms with Gasteiger partial charge in [-0.25, -0.2) is 4.39 Å². The fourth-order valence-electron chi connectivity index (χ4n) is 1.63. The predicted octanol–water partition coefficient (Wildman–Crippen LogP) is 2.97. The first-order valence-corrected chi connectivity index (χ1v) is 5.72. The molecule has 0 saturated heterocycles. The molecule has 0 bridgehead atoms. The number of rotatable bonds is 3. The number of nitrogens with one attached hydrogen (secondary N) is 1. The molecule has 2 aromatic rings. The molecule has 3 nitrogen and oxygen atoms in total. The molecule has 2 rings (SSSR count). The number of ether oxygens (including phenoxy) is 1. The summed E-state index contributed by atoms with van der Waals surface area (Å²) in [6, 6.07) is 9.39. The highest BCUT2D eigenvalue weighted by molar-refractivity contribution is 5.60. The Morgan fingerprint density at radius 3 is 2.61 bits per heavy atom. The number of hydrogen-bond acceptors (Lipinski definition) is 2. The minimum absolute atomic E-state index is 0.0816. The van der Waals surface area contributed by atoms with E-state index in [-0.39, 0.29) is 17.4 Å². The largest absolute Gasteiger partial charge is 0.488 e. The summed E-state index contributed by atoms with van der Waals surface area (Å²) in [7, 11) is 0. The molecule has 0 radical (unpaired) electrons. The maximum atomic E-state index is 13.8. The molecule has 0 aliphatic rings. The number of hydrogen-bond donors (Lipinski definition) is 1. The number of pyridine rings is 1. The van der Waals surface area contributed by atoms with Gasteiger partial charge in [0.15, 0.2) is 11.6 Å². The monoisotopic (exact) mass is 247 g/mol. The SMILES string of the molecule is CC(C)Oc1ccc(-c2cccc(=O)[nH]2)cc1F. The van der Waals surface area contributed by atoms with Gasteiger partial charge in [-0.15, -0.1) is 0 Å². The summed E-state index contributed by atoms with van der Waals surface area (Å²) in [6.07, 6.45) is -0.0816. The Morgan fingerprint density at radius 1 is 1.22 bits per heavy atom. The molecule has 94 valence electrons. The third-order valence-electron chi connectivity index (χ3n) is 2.37. The van der Waals surface area contributed by atoms with Gasteiger partial charge in [0.05, 0.1) is 6.10 Å². The van der Waals surface area contributed by atoms with Gasteiger partial charge >= 0.3 is 0 Å². The molecule has 1 heterocycles. The smallest absolute Gasteiger partial charge is 0.248 e. The number of halogens is 1. The van der Waals surface area contributed by atoms with Crippen LogP contribution in [0.25, 0.3) is 11.3 Å². The Kier molecular flexibility index (Phi) is 3.46. The highest BCUT2D eigenvalue weighted by Crippen LogP contribution is 2.24. The third-order valence-corrected chi connectivity index (χ3v) is 2.37. The number of aromatic nitrogens is 1. The molecule has 0 aliphatic carbocycles. The molecular weight excluding hydrogens is 233 g/mol. The van der Waals surface area contributed by atoms with Crippen molar-refractivity contribution in [3.63, 3.8) is 0 Å². The van der Waals surface area contributed by atoms with E-state index in [1.807, 2.05) is 13.8 Å². The van der Waals surface area contributed by atoms with Crippen molar-refractivity contribution in [2.24, 2.45) is 0 Å². The van der Waals surface area contributed by atoms with Gasteiger partial charge in [-0.2, -0.15) is 0 Å². The van der Waals surface area contributed by atoms with E-state index in [0.717, 1.165) is 0 Å². The quantitative estimate of drug-likeness (QED) is 0.906. The van der Waals surface area contributed by atoms with Gasteiger partial charge in [0, 0.05) is 17.3 Å². The summed E-state index contributed by atoms with van der Waals surface area (Å²) in [5.74, 6) is -0.224. The lowest BCUT2D eigenvalue weighted by Gasteiger charge is -2.11. The molecule has 0 aliphatic heterocycles. The van der Waals surface area contributed by atoms with Crippen molar-refractivity contribution in [3.8, 4) is 17.0 Å². The Hall–Kier alpha value is -2.10. The van der Waals surface area contributed by atoms with E-state index in [0.29, 0.717) is 11.3 Å². The number of benzene rings is 1.